The Morgan fingerprint density at radius 1 is 1.47 bits per heavy atom. The fourth-order valence-electron chi connectivity index (χ4n) is 1.83. The van der Waals surface area contributed by atoms with Crippen LogP contribution in [-0.4, -0.2) is 41.9 Å². The maximum absolute atomic E-state index is 10.1. The fourth-order valence-corrected chi connectivity index (χ4v) is 2.09. The topological polar surface area (TPSA) is 44.7 Å². The van der Waals surface area contributed by atoms with Gasteiger partial charge in [0.2, 0.25) is 0 Å². The van der Waals surface area contributed by atoms with Gasteiger partial charge in [-0.1, -0.05) is 12.1 Å². The lowest BCUT2D eigenvalue weighted by molar-refractivity contribution is 0.148. The standard InChI is InChI=1S/C12H16N2O2S/c1-16-10-4-2-9(3-5-10)11(15)8-14-7-6-13-12(14)17/h2-5,11,15H,6-8H2,1H3,(H,13,17). The summed E-state index contributed by atoms with van der Waals surface area (Å²) in [6, 6.07) is 7.43. The van der Waals surface area contributed by atoms with Gasteiger partial charge >= 0.3 is 0 Å². The summed E-state index contributed by atoms with van der Waals surface area (Å²) in [5.41, 5.74) is 0.875. The molecule has 0 radical (unpaired) electrons. The molecule has 1 atom stereocenters. The second-order valence-electron chi connectivity index (χ2n) is 3.97. The summed E-state index contributed by atoms with van der Waals surface area (Å²) in [5.74, 6) is 0.791. The van der Waals surface area contributed by atoms with E-state index in [-0.39, 0.29) is 0 Å². The maximum atomic E-state index is 10.1. The van der Waals surface area contributed by atoms with Gasteiger partial charge < -0.3 is 20.1 Å². The van der Waals surface area contributed by atoms with E-state index < -0.39 is 6.10 Å². The van der Waals surface area contributed by atoms with Crippen LogP contribution in [0.15, 0.2) is 24.3 Å². The fraction of sp³-hybridized carbons (Fsp3) is 0.417. The Kier molecular flexibility index (Phi) is 3.81. The molecule has 0 bridgehead atoms. The summed E-state index contributed by atoms with van der Waals surface area (Å²) < 4.78 is 5.08. The van der Waals surface area contributed by atoms with Crippen molar-refractivity contribution in [2.75, 3.05) is 26.7 Å². The number of methoxy groups -OCH3 is 1. The Balaban J connectivity index is 1.98. The lowest BCUT2D eigenvalue weighted by atomic mass is 10.1. The molecule has 1 unspecified atom stereocenters. The molecule has 1 saturated heterocycles. The van der Waals surface area contributed by atoms with Crippen molar-refractivity contribution in [1.82, 2.24) is 10.2 Å². The molecule has 1 aliphatic heterocycles. The minimum absolute atomic E-state index is 0.526. The molecule has 1 aliphatic rings. The van der Waals surface area contributed by atoms with Crippen molar-refractivity contribution in [2.24, 2.45) is 0 Å². The number of nitrogens with zero attached hydrogens (tertiary/aromatic N) is 1. The van der Waals surface area contributed by atoms with Gasteiger partial charge in [-0.2, -0.15) is 0 Å². The molecular formula is C12H16N2O2S. The number of β-amino-alcohol motifs (C(OH)–C–C–N with tert-alkyl or cyclic N) is 1. The van der Waals surface area contributed by atoms with Crippen LogP contribution in [0.4, 0.5) is 0 Å². The van der Waals surface area contributed by atoms with Crippen LogP contribution in [0.3, 0.4) is 0 Å². The van der Waals surface area contributed by atoms with Gasteiger partial charge in [0, 0.05) is 13.1 Å². The van der Waals surface area contributed by atoms with E-state index in [1.807, 2.05) is 29.2 Å². The van der Waals surface area contributed by atoms with E-state index in [2.05, 4.69) is 5.32 Å². The first-order valence-electron chi connectivity index (χ1n) is 5.55. The van der Waals surface area contributed by atoms with Crippen molar-refractivity contribution < 1.29 is 9.84 Å². The molecule has 0 aromatic heterocycles. The molecule has 1 heterocycles. The highest BCUT2D eigenvalue weighted by atomic mass is 32.1. The summed E-state index contributed by atoms with van der Waals surface area (Å²) in [6.07, 6.45) is -0.529. The lowest BCUT2D eigenvalue weighted by Gasteiger charge is -2.20. The largest absolute Gasteiger partial charge is 0.497 e. The normalized spacial score (nSPS) is 16.8. The third-order valence-electron chi connectivity index (χ3n) is 2.84. The summed E-state index contributed by atoms with van der Waals surface area (Å²) in [5, 5.41) is 13.9. The molecule has 4 nitrogen and oxygen atoms in total. The summed E-state index contributed by atoms with van der Waals surface area (Å²) in [4.78, 5) is 1.98. The van der Waals surface area contributed by atoms with Crippen molar-refractivity contribution in [3.63, 3.8) is 0 Å². The van der Waals surface area contributed by atoms with E-state index in [1.54, 1.807) is 7.11 Å². The molecule has 2 rings (SSSR count). The van der Waals surface area contributed by atoms with Crippen LogP contribution in [0, 0.1) is 0 Å². The van der Waals surface area contributed by atoms with E-state index in [4.69, 9.17) is 17.0 Å². The summed E-state index contributed by atoms with van der Waals surface area (Å²) in [6.45, 7) is 2.23. The Labute approximate surface area is 106 Å². The molecule has 5 heteroatoms. The quantitative estimate of drug-likeness (QED) is 0.780. The number of thiocarbonyl (C=S) groups is 1. The zero-order chi connectivity index (χ0) is 12.3. The van der Waals surface area contributed by atoms with Crippen molar-refractivity contribution >= 4 is 17.3 Å². The first-order chi connectivity index (χ1) is 8.20. The van der Waals surface area contributed by atoms with Crippen molar-refractivity contribution in [3.05, 3.63) is 29.8 Å². The molecule has 0 saturated carbocycles. The van der Waals surface area contributed by atoms with Gasteiger partial charge in [0.25, 0.3) is 0 Å². The first kappa shape index (κ1) is 12.1. The minimum atomic E-state index is -0.529. The second kappa shape index (κ2) is 5.33. The third kappa shape index (κ3) is 2.87. The average Bonchev–Trinajstić information content (AvgIpc) is 2.75. The summed E-state index contributed by atoms with van der Waals surface area (Å²) in [7, 11) is 1.62. The van der Waals surface area contributed by atoms with E-state index in [9.17, 15) is 5.11 Å². The Bertz CT molecular complexity index is 394. The predicted octanol–water partition coefficient (Wildman–Crippen LogP) is 0.919. The monoisotopic (exact) mass is 252 g/mol. The molecular weight excluding hydrogens is 236 g/mol. The van der Waals surface area contributed by atoms with Crippen molar-refractivity contribution in [1.29, 1.82) is 0 Å². The summed E-state index contributed by atoms with van der Waals surface area (Å²) >= 11 is 5.13. The van der Waals surface area contributed by atoms with Crippen LogP contribution in [0.2, 0.25) is 0 Å². The molecule has 17 heavy (non-hydrogen) atoms. The number of hydrogen-bond donors (Lipinski definition) is 2. The molecule has 0 spiro atoms. The van der Waals surface area contributed by atoms with E-state index >= 15 is 0 Å². The van der Waals surface area contributed by atoms with Gasteiger partial charge in [-0.05, 0) is 29.9 Å². The van der Waals surface area contributed by atoms with Crippen LogP contribution in [0.1, 0.15) is 11.7 Å². The smallest absolute Gasteiger partial charge is 0.169 e. The van der Waals surface area contributed by atoms with Crippen LogP contribution in [0.5, 0.6) is 5.75 Å². The first-order valence-corrected chi connectivity index (χ1v) is 5.96. The van der Waals surface area contributed by atoms with Crippen molar-refractivity contribution in [3.8, 4) is 5.75 Å². The van der Waals surface area contributed by atoms with E-state index in [1.165, 1.54) is 0 Å². The molecule has 92 valence electrons. The molecule has 1 aromatic carbocycles. The Morgan fingerprint density at radius 2 is 2.18 bits per heavy atom. The van der Waals surface area contributed by atoms with Crippen LogP contribution < -0.4 is 10.1 Å². The van der Waals surface area contributed by atoms with Gasteiger partial charge in [0.15, 0.2) is 5.11 Å². The van der Waals surface area contributed by atoms with Crippen LogP contribution >= 0.6 is 12.2 Å². The molecule has 0 amide bonds. The number of benzene rings is 1. The zero-order valence-corrected chi connectivity index (χ0v) is 10.5. The Hall–Kier alpha value is -1.33. The minimum Gasteiger partial charge on any atom is -0.497 e. The SMILES string of the molecule is COc1ccc(C(O)CN2CCNC2=S)cc1. The van der Waals surface area contributed by atoms with Gasteiger partial charge in [0.05, 0.1) is 19.8 Å². The van der Waals surface area contributed by atoms with Gasteiger partial charge in [-0.3, -0.25) is 0 Å². The number of nitrogens with one attached hydrogen (secondary N) is 1. The predicted molar refractivity (Wildman–Crippen MR) is 70.1 cm³/mol. The lowest BCUT2D eigenvalue weighted by Crippen LogP contribution is -2.31. The highest BCUT2D eigenvalue weighted by Crippen LogP contribution is 2.19. The number of rotatable bonds is 4. The van der Waals surface area contributed by atoms with Gasteiger partial charge in [-0.15, -0.1) is 0 Å². The number of ether oxygens (including phenoxy) is 1. The molecule has 1 fully saturated rings. The third-order valence-corrected chi connectivity index (χ3v) is 3.24. The zero-order valence-electron chi connectivity index (χ0n) is 9.72. The van der Waals surface area contributed by atoms with E-state index in [0.717, 1.165) is 29.5 Å². The Morgan fingerprint density at radius 3 is 2.71 bits per heavy atom. The van der Waals surface area contributed by atoms with E-state index in [0.29, 0.717) is 6.54 Å². The highest BCUT2D eigenvalue weighted by Gasteiger charge is 2.19. The van der Waals surface area contributed by atoms with Crippen LogP contribution in [-0.2, 0) is 0 Å². The maximum Gasteiger partial charge on any atom is 0.169 e. The molecule has 2 N–H and O–H groups in total. The van der Waals surface area contributed by atoms with Crippen molar-refractivity contribution in [2.45, 2.75) is 6.10 Å². The van der Waals surface area contributed by atoms with Gasteiger partial charge in [0.1, 0.15) is 5.75 Å². The number of aliphatic hydroxyl groups excluding tert-OH is 1. The number of hydrogen-bond acceptors (Lipinski definition) is 3. The van der Waals surface area contributed by atoms with Gasteiger partial charge in [-0.25, -0.2) is 0 Å². The molecule has 1 aromatic rings. The molecule has 0 aliphatic carbocycles. The van der Waals surface area contributed by atoms with Crippen LogP contribution in [0.25, 0.3) is 0 Å². The number of aliphatic hydroxyl groups is 1. The highest BCUT2D eigenvalue weighted by molar-refractivity contribution is 7.80. The average molecular weight is 252 g/mol. The second-order valence-corrected chi connectivity index (χ2v) is 4.35.